The molecular weight excluding hydrogens is 282 g/mol. The Morgan fingerprint density at radius 1 is 1.19 bits per heavy atom. The maximum Gasteiger partial charge on any atom is 0.179 e. The Kier molecular flexibility index (Phi) is 7.41. The van der Waals surface area contributed by atoms with Gasteiger partial charge < -0.3 is 0 Å². The van der Waals surface area contributed by atoms with Gasteiger partial charge >= 0.3 is 0 Å². The normalized spacial score (nSPS) is 13.2. The minimum absolute atomic E-state index is 0.115. The number of carbonyl (C=O) groups excluding carboxylic acids is 1. The first kappa shape index (κ1) is 18.2. The van der Waals surface area contributed by atoms with Crippen LogP contribution in [0.15, 0.2) is 24.3 Å². The molecule has 0 heterocycles. The fraction of sp³-hybridized carbons (Fsp3) is 0.611. The zero-order valence-corrected chi connectivity index (χ0v) is 14.7. The molecule has 0 aliphatic rings. The van der Waals surface area contributed by atoms with Crippen molar-refractivity contribution in [3.05, 3.63) is 34.9 Å². The second kappa shape index (κ2) is 8.55. The highest BCUT2D eigenvalue weighted by Crippen LogP contribution is 2.20. The molecule has 21 heavy (non-hydrogen) atoms. The molecule has 0 saturated carbocycles. The predicted molar refractivity (Wildman–Crippen MR) is 91.2 cm³/mol. The molecule has 0 aromatic heterocycles. The first-order valence-electron chi connectivity index (χ1n) is 7.96. The monoisotopic (exact) mass is 309 g/mol. The Morgan fingerprint density at radius 2 is 1.81 bits per heavy atom. The summed E-state index contributed by atoms with van der Waals surface area (Å²) >= 11 is 6.01. The molecule has 0 fully saturated rings. The Hall–Kier alpha value is -0.860. The minimum atomic E-state index is -0.115. The average molecular weight is 310 g/mol. The fourth-order valence-corrected chi connectivity index (χ4v) is 3.03. The smallest absolute Gasteiger partial charge is 0.179 e. The third-order valence-corrected chi connectivity index (χ3v) is 4.21. The molecule has 1 atom stereocenters. The second-order valence-electron chi connectivity index (χ2n) is 6.11. The maximum absolute atomic E-state index is 12.8. The van der Waals surface area contributed by atoms with E-state index in [-0.39, 0.29) is 11.8 Å². The van der Waals surface area contributed by atoms with Gasteiger partial charge in [0.1, 0.15) is 0 Å². The Bertz CT molecular complexity index is 454. The van der Waals surface area contributed by atoms with Crippen molar-refractivity contribution in [2.75, 3.05) is 6.54 Å². The number of Topliss-reactive ketones (excluding diaryl/α,β-unsaturated/α-hetero) is 1. The topological polar surface area (TPSA) is 20.3 Å². The van der Waals surface area contributed by atoms with Gasteiger partial charge in [-0.05, 0) is 37.8 Å². The van der Waals surface area contributed by atoms with Crippen LogP contribution in [0.5, 0.6) is 0 Å². The van der Waals surface area contributed by atoms with E-state index in [0.29, 0.717) is 22.5 Å². The lowest BCUT2D eigenvalue weighted by atomic mass is 9.99. The van der Waals surface area contributed by atoms with E-state index in [4.69, 9.17) is 11.6 Å². The van der Waals surface area contributed by atoms with E-state index >= 15 is 0 Å². The molecule has 0 bridgehead atoms. The van der Waals surface area contributed by atoms with Gasteiger partial charge in [-0.15, -0.1) is 0 Å². The lowest BCUT2D eigenvalue weighted by Gasteiger charge is -2.36. The number of carbonyl (C=O) groups is 1. The van der Waals surface area contributed by atoms with Crippen molar-refractivity contribution in [1.29, 1.82) is 0 Å². The van der Waals surface area contributed by atoms with Gasteiger partial charge in [0.2, 0.25) is 0 Å². The van der Waals surface area contributed by atoms with Crippen LogP contribution in [-0.4, -0.2) is 29.3 Å². The minimum Gasteiger partial charge on any atom is -0.292 e. The second-order valence-corrected chi connectivity index (χ2v) is 6.55. The summed E-state index contributed by atoms with van der Waals surface area (Å²) in [6.45, 7) is 11.7. The standard InChI is InChI=1S/C18H28ClNO/c1-6-17(7-2)20(12-13(3)4)14(5)18(21)15-9-8-10-16(19)11-15/h8-11,13-14,17H,6-7,12H2,1-5H3. The summed E-state index contributed by atoms with van der Waals surface area (Å²) in [5, 5.41) is 0.617. The van der Waals surface area contributed by atoms with Crippen molar-refractivity contribution in [2.45, 2.75) is 59.5 Å². The van der Waals surface area contributed by atoms with E-state index < -0.39 is 0 Å². The number of halogens is 1. The number of nitrogens with zero attached hydrogens (tertiary/aromatic N) is 1. The molecule has 2 nitrogen and oxygen atoms in total. The van der Waals surface area contributed by atoms with Gasteiger partial charge in [-0.25, -0.2) is 0 Å². The van der Waals surface area contributed by atoms with Gasteiger partial charge in [0.15, 0.2) is 5.78 Å². The summed E-state index contributed by atoms with van der Waals surface area (Å²) in [4.78, 5) is 15.1. The van der Waals surface area contributed by atoms with Crippen LogP contribution in [0.2, 0.25) is 5.02 Å². The van der Waals surface area contributed by atoms with Crippen molar-refractivity contribution in [1.82, 2.24) is 4.90 Å². The van der Waals surface area contributed by atoms with Gasteiger partial charge in [-0.3, -0.25) is 9.69 Å². The van der Waals surface area contributed by atoms with E-state index in [0.717, 1.165) is 19.4 Å². The number of hydrogen-bond donors (Lipinski definition) is 0. The van der Waals surface area contributed by atoms with E-state index in [1.165, 1.54) is 0 Å². The summed E-state index contributed by atoms with van der Waals surface area (Å²) in [7, 11) is 0. The molecule has 0 spiro atoms. The van der Waals surface area contributed by atoms with E-state index in [9.17, 15) is 4.79 Å². The van der Waals surface area contributed by atoms with E-state index in [1.54, 1.807) is 12.1 Å². The first-order chi connectivity index (χ1) is 9.90. The average Bonchev–Trinajstić information content (AvgIpc) is 2.45. The van der Waals surface area contributed by atoms with Gasteiger partial charge in [0.05, 0.1) is 6.04 Å². The van der Waals surface area contributed by atoms with Crippen LogP contribution in [-0.2, 0) is 0 Å². The summed E-state index contributed by atoms with van der Waals surface area (Å²) in [5.41, 5.74) is 0.703. The zero-order chi connectivity index (χ0) is 16.0. The van der Waals surface area contributed by atoms with Gasteiger partial charge in [-0.1, -0.05) is 51.4 Å². The number of benzene rings is 1. The van der Waals surface area contributed by atoms with E-state index in [1.807, 2.05) is 19.1 Å². The van der Waals surface area contributed by atoms with Crippen molar-refractivity contribution < 1.29 is 4.79 Å². The first-order valence-corrected chi connectivity index (χ1v) is 8.33. The Balaban J connectivity index is 2.98. The van der Waals surface area contributed by atoms with Crippen LogP contribution in [0.25, 0.3) is 0 Å². The van der Waals surface area contributed by atoms with Crippen molar-refractivity contribution in [3.8, 4) is 0 Å². The molecule has 0 N–H and O–H groups in total. The Labute approximate surface area is 134 Å². The van der Waals surface area contributed by atoms with Gasteiger partial charge in [0.25, 0.3) is 0 Å². The maximum atomic E-state index is 12.8. The lowest BCUT2D eigenvalue weighted by molar-refractivity contribution is 0.0711. The quantitative estimate of drug-likeness (QED) is 0.626. The molecule has 0 amide bonds. The molecule has 1 unspecified atom stereocenters. The van der Waals surface area contributed by atoms with E-state index in [2.05, 4.69) is 32.6 Å². The predicted octanol–water partition coefficient (Wildman–Crippen LogP) is 5.06. The van der Waals surface area contributed by atoms with Crippen molar-refractivity contribution in [2.24, 2.45) is 5.92 Å². The molecular formula is C18H28ClNO. The van der Waals surface area contributed by atoms with Crippen LogP contribution in [0.3, 0.4) is 0 Å². The summed E-state index contributed by atoms with van der Waals surface area (Å²) < 4.78 is 0. The summed E-state index contributed by atoms with van der Waals surface area (Å²) in [5.74, 6) is 0.699. The van der Waals surface area contributed by atoms with Gasteiger partial charge in [-0.2, -0.15) is 0 Å². The van der Waals surface area contributed by atoms with Crippen LogP contribution >= 0.6 is 11.6 Å². The number of ketones is 1. The molecule has 0 aliphatic heterocycles. The molecule has 3 heteroatoms. The highest BCUT2D eigenvalue weighted by atomic mass is 35.5. The lowest BCUT2D eigenvalue weighted by Crippen LogP contribution is -2.47. The molecule has 0 aliphatic carbocycles. The molecule has 1 aromatic rings. The molecule has 0 radical (unpaired) electrons. The molecule has 1 aromatic carbocycles. The Morgan fingerprint density at radius 3 is 2.29 bits per heavy atom. The SMILES string of the molecule is CCC(CC)N(CC(C)C)C(C)C(=O)c1cccc(Cl)c1. The number of hydrogen-bond acceptors (Lipinski definition) is 2. The zero-order valence-electron chi connectivity index (χ0n) is 13.9. The fourth-order valence-electron chi connectivity index (χ4n) is 2.84. The highest BCUT2D eigenvalue weighted by molar-refractivity contribution is 6.31. The van der Waals surface area contributed by atoms with Crippen molar-refractivity contribution in [3.63, 3.8) is 0 Å². The summed E-state index contributed by atoms with van der Waals surface area (Å²) in [6, 6.07) is 7.59. The van der Waals surface area contributed by atoms with Crippen LogP contribution in [0.4, 0.5) is 0 Å². The third kappa shape index (κ3) is 5.12. The summed E-state index contributed by atoms with van der Waals surface area (Å²) in [6.07, 6.45) is 2.13. The van der Waals surface area contributed by atoms with Gasteiger partial charge in [0, 0.05) is 23.2 Å². The van der Waals surface area contributed by atoms with Crippen LogP contribution in [0.1, 0.15) is 57.8 Å². The van der Waals surface area contributed by atoms with Crippen molar-refractivity contribution >= 4 is 17.4 Å². The molecule has 118 valence electrons. The van der Waals surface area contributed by atoms with Crippen LogP contribution < -0.4 is 0 Å². The number of rotatable bonds is 8. The highest BCUT2D eigenvalue weighted by Gasteiger charge is 2.27. The molecule has 0 saturated heterocycles. The molecule has 1 rings (SSSR count). The third-order valence-electron chi connectivity index (χ3n) is 3.97. The van der Waals surface area contributed by atoms with Crippen LogP contribution in [0, 0.1) is 5.92 Å². The largest absolute Gasteiger partial charge is 0.292 e.